The molecular weight excluding hydrogens is 320 g/mol. The van der Waals surface area contributed by atoms with E-state index in [0.29, 0.717) is 6.54 Å². The maximum absolute atomic E-state index is 12.4. The van der Waals surface area contributed by atoms with Gasteiger partial charge in [0.25, 0.3) is 0 Å². The molecule has 1 aliphatic heterocycles. The number of rotatable bonds is 5. The first-order chi connectivity index (χ1) is 12.1. The summed E-state index contributed by atoms with van der Waals surface area (Å²) in [4.78, 5) is 36.9. The molecular formula is C18H18N4O3. The molecule has 0 radical (unpaired) electrons. The number of nitrogens with one attached hydrogen (secondary N) is 1. The predicted octanol–water partition coefficient (Wildman–Crippen LogP) is 1.15. The van der Waals surface area contributed by atoms with Crippen molar-refractivity contribution in [2.45, 2.75) is 19.4 Å². The Hall–Kier alpha value is -3.22. The second-order valence-electron chi connectivity index (χ2n) is 5.64. The molecule has 7 nitrogen and oxygen atoms in total. The second kappa shape index (κ2) is 7.12. The maximum Gasteiger partial charge on any atom is 0.249 e. The number of imide groups is 1. The van der Waals surface area contributed by atoms with Crippen LogP contribution in [0.15, 0.2) is 48.8 Å². The fourth-order valence-corrected chi connectivity index (χ4v) is 2.73. The van der Waals surface area contributed by atoms with Crippen molar-refractivity contribution in [3.63, 3.8) is 0 Å². The number of likely N-dealkylation sites (N-methyl/N-ethyl adjacent to an activating group) is 1. The number of benzene rings is 1. The van der Waals surface area contributed by atoms with Crippen molar-refractivity contribution in [3.05, 3.63) is 54.4 Å². The van der Waals surface area contributed by atoms with Gasteiger partial charge in [0.2, 0.25) is 17.7 Å². The zero-order valence-corrected chi connectivity index (χ0v) is 13.8. The second-order valence-corrected chi connectivity index (χ2v) is 5.64. The largest absolute Gasteiger partial charge is 0.327 e. The molecule has 2 heterocycles. The molecule has 1 aromatic carbocycles. The zero-order chi connectivity index (χ0) is 17.8. The Morgan fingerprint density at radius 2 is 2.12 bits per heavy atom. The zero-order valence-electron chi connectivity index (χ0n) is 13.8. The van der Waals surface area contributed by atoms with Gasteiger partial charge in [0.05, 0.1) is 18.3 Å². The third-order valence-corrected chi connectivity index (χ3v) is 3.99. The van der Waals surface area contributed by atoms with E-state index in [9.17, 15) is 14.4 Å². The number of hydrogen-bond acceptors (Lipinski definition) is 4. The van der Waals surface area contributed by atoms with Crippen LogP contribution in [0.1, 0.15) is 18.9 Å². The maximum atomic E-state index is 12.4. The summed E-state index contributed by atoms with van der Waals surface area (Å²) in [6.45, 7) is 2.12. The summed E-state index contributed by atoms with van der Waals surface area (Å²) in [5, 5.41) is 6.48. The van der Waals surface area contributed by atoms with Crippen molar-refractivity contribution in [1.29, 1.82) is 0 Å². The van der Waals surface area contributed by atoms with E-state index in [1.165, 1.54) is 11.0 Å². The van der Waals surface area contributed by atoms with Gasteiger partial charge in [-0.3, -0.25) is 19.7 Å². The van der Waals surface area contributed by atoms with Gasteiger partial charge in [0.15, 0.2) is 0 Å². The molecule has 0 spiro atoms. The van der Waals surface area contributed by atoms with Crippen LogP contribution in [0.2, 0.25) is 0 Å². The van der Waals surface area contributed by atoms with E-state index in [0.717, 1.165) is 11.3 Å². The number of para-hydroxylation sites is 1. The third-order valence-electron chi connectivity index (χ3n) is 3.99. The molecule has 1 aliphatic rings. The first-order valence-electron chi connectivity index (χ1n) is 8.01. The average Bonchev–Trinajstić information content (AvgIpc) is 3.21. The molecule has 128 valence electrons. The Bertz CT molecular complexity index is 826. The number of nitrogens with zero attached hydrogens (tertiary/aromatic N) is 3. The fraction of sp³-hybridized carbons (Fsp3) is 0.222. The van der Waals surface area contributed by atoms with Gasteiger partial charge in [-0.05, 0) is 25.1 Å². The molecule has 0 bridgehead atoms. The van der Waals surface area contributed by atoms with E-state index in [4.69, 9.17) is 0 Å². The van der Waals surface area contributed by atoms with Crippen LogP contribution in [0.3, 0.4) is 0 Å². The van der Waals surface area contributed by atoms with E-state index >= 15 is 0 Å². The van der Waals surface area contributed by atoms with Crippen LogP contribution in [0.5, 0.6) is 0 Å². The van der Waals surface area contributed by atoms with Crippen molar-refractivity contribution < 1.29 is 14.4 Å². The molecule has 7 heteroatoms. The van der Waals surface area contributed by atoms with E-state index in [2.05, 4.69) is 10.4 Å². The summed E-state index contributed by atoms with van der Waals surface area (Å²) in [5.74, 6) is -1.09. The summed E-state index contributed by atoms with van der Waals surface area (Å²) in [7, 11) is 0. The lowest BCUT2D eigenvalue weighted by Gasteiger charge is -2.23. The highest BCUT2D eigenvalue weighted by molar-refractivity contribution is 6.07. The van der Waals surface area contributed by atoms with Crippen molar-refractivity contribution in [2.24, 2.45) is 0 Å². The van der Waals surface area contributed by atoms with E-state index in [1.54, 1.807) is 30.1 Å². The minimum absolute atomic E-state index is 0.0121. The summed E-state index contributed by atoms with van der Waals surface area (Å²) in [6, 6.07) is 8.89. The van der Waals surface area contributed by atoms with Crippen molar-refractivity contribution in [3.8, 4) is 5.69 Å². The summed E-state index contributed by atoms with van der Waals surface area (Å²) >= 11 is 0. The first kappa shape index (κ1) is 16.6. The molecule has 1 N–H and O–H groups in total. The topological polar surface area (TPSA) is 84.3 Å². The van der Waals surface area contributed by atoms with Crippen LogP contribution in [-0.4, -0.2) is 45.0 Å². The molecule has 3 amide bonds. The van der Waals surface area contributed by atoms with Gasteiger partial charge in [-0.15, -0.1) is 0 Å². The molecule has 25 heavy (non-hydrogen) atoms. The minimum Gasteiger partial charge on any atom is -0.327 e. The van der Waals surface area contributed by atoms with Gasteiger partial charge in [-0.1, -0.05) is 18.2 Å². The molecule has 2 aromatic rings. The van der Waals surface area contributed by atoms with Crippen molar-refractivity contribution in [1.82, 2.24) is 20.0 Å². The number of hydrogen-bond donors (Lipinski definition) is 1. The van der Waals surface area contributed by atoms with Crippen LogP contribution >= 0.6 is 0 Å². The van der Waals surface area contributed by atoms with Crippen LogP contribution < -0.4 is 5.32 Å². The molecule has 1 saturated heterocycles. The lowest BCUT2D eigenvalue weighted by atomic mass is 10.2. The number of carbonyl (C=O) groups excluding carboxylic acids is 3. The number of aromatic nitrogens is 2. The summed E-state index contributed by atoms with van der Waals surface area (Å²) in [5.41, 5.74) is 1.69. The van der Waals surface area contributed by atoms with Crippen LogP contribution in [0, 0.1) is 0 Å². The fourth-order valence-electron chi connectivity index (χ4n) is 2.73. The Kier molecular flexibility index (Phi) is 4.74. The quantitative estimate of drug-likeness (QED) is 0.655. The van der Waals surface area contributed by atoms with Gasteiger partial charge in [0.1, 0.15) is 6.04 Å². The standard InChI is InChI=1S/C18H18N4O3/c1-2-21(15-10-16(23)20-18(15)25)17(24)9-8-13-11-19-22(12-13)14-6-4-3-5-7-14/h3-9,11-12,15H,2,10H2,1H3,(H,20,23,25)/b9-8+/t15-/m0/s1. The van der Waals surface area contributed by atoms with E-state index in [1.807, 2.05) is 30.3 Å². The van der Waals surface area contributed by atoms with Crippen molar-refractivity contribution in [2.75, 3.05) is 6.54 Å². The highest BCUT2D eigenvalue weighted by atomic mass is 16.2. The lowest BCUT2D eigenvalue weighted by molar-refractivity contribution is -0.135. The van der Waals surface area contributed by atoms with Crippen LogP contribution in [0.4, 0.5) is 0 Å². The molecule has 3 rings (SSSR count). The normalized spacial score (nSPS) is 17.1. The first-order valence-corrected chi connectivity index (χ1v) is 8.01. The Morgan fingerprint density at radius 3 is 2.76 bits per heavy atom. The Morgan fingerprint density at radius 1 is 1.36 bits per heavy atom. The van der Waals surface area contributed by atoms with Gasteiger partial charge in [-0.25, -0.2) is 4.68 Å². The SMILES string of the molecule is CCN(C(=O)/C=C/c1cnn(-c2ccccc2)c1)[C@H]1CC(=O)NC1=O. The molecule has 1 atom stereocenters. The van der Waals surface area contributed by atoms with Crippen LogP contribution in [-0.2, 0) is 14.4 Å². The number of carbonyl (C=O) groups is 3. The van der Waals surface area contributed by atoms with Gasteiger partial charge >= 0.3 is 0 Å². The van der Waals surface area contributed by atoms with Crippen LogP contribution in [0.25, 0.3) is 11.8 Å². The lowest BCUT2D eigenvalue weighted by Crippen LogP contribution is -2.43. The monoisotopic (exact) mass is 338 g/mol. The average molecular weight is 338 g/mol. The Balaban J connectivity index is 1.71. The third kappa shape index (κ3) is 3.65. The number of amides is 3. The van der Waals surface area contributed by atoms with E-state index in [-0.39, 0.29) is 18.2 Å². The van der Waals surface area contributed by atoms with E-state index < -0.39 is 11.9 Å². The Labute approximate surface area is 144 Å². The smallest absolute Gasteiger partial charge is 0.249 e. The summed E-state index contributed by atoms with van der Waals surface area (Å²) < 4.78 is 1.71. The summed E-state index contributed by atoms with van der Waals surface area (Å²) in [6.07, 6.45) is 6.51. The molecule has 0 aliphatic carbocycles. The predicted molar refractivity (Wildman–Crippen MR) is 91.5 cm³/mol. The van der Waals surface area contributed by atoms with Gasteiger partial charge in [-0.2, -0.15) is 5.10 Å². The molecule has 0 unspecified atom stereocenters. The molecule has 0 saturated carbocycles. The minimum atomic E-state index is -0.735. The highest BCUT2D eigenvalue weighted by Crippen LogP contribution is 2.13. The van der Waals surface area contributed by atoms with Crippen molar-refractivity contribution >= 4 is 23.8 Å². The molecule has 1 fully saturated rings. The van der Waals surface area contributed by atoms with Gasteiger partial charge in [0, 0.05) is 24.4 Å². The molecule has 1 aromatic heterocycles. The van der Waals surface area contributed by atoms with Gasteiger partial charge < -0.3 is 4.90 Å². The highest BCUT2D eigenvalue weighted by Gasteiger charge is 2.36.